The Morgan fingerprint density at radius 3 is 2.83 bits per heavy atom. The van der Waals surface area contributed by atoms with Crippen LogP contribution in [0.3, 0.4) is 0 Å². The summed E-state index contributed by atoms with van der Waals surface area (Å²) in [7, 11) is 1.57. The lowest BCUT2D eigenvalue weighted by molar-refractivity contribution is -0.139. The highest BCUT2D eigenvalue weighted by Crippen LogP contribution is 2.38. The van der Waals surface area contributed by atoms with Crippen molar-refractivity contribution in [2.75, 3.05) is 25.2 Å². The molecule has 0 fully saturated rings. The number of amides is 1. The number of aliphatic carboxylic acids is 1. The van der Waals surface area contributed by atoms with Crippen molar-refractivity contribution < 1.29 is 19.4 Å². The molecule has 18 heavy (non-hydrogen) atoms. The quantitative estimate of drug-likeness (QED) is 0.852. The van der Waals surface area contributed by atoms with Gasteiger partial charge in [0, 0.05) is 19.3 Å². The zero-order chi connectivity index (χ0) is 13.1. The highest BCUT2D eigenvalue weighted by molar-refractivity contribution is 6.06. The first-order chi connectivity index (χ1) is 8.65. The molecule has 1 unspecified atom stereocenters. The van der Waals surface area contributed by atoms with Gasteiger partial charge in [-0.25, -0.2) is 0 Å². The van der Waals surface area contributed by atoms with Crippen molar-refractivity contribution in [3.63, 3.8) is 0 Å². The molecule has 0 aliphatic carbocycles. The number of fused-ring (bicyclic) bond motifs is 1. The molecule has 5 nitrogen and oxygen atoms in total. The van der Waals surface area contributed by atoms with Crippen LogP contribution in [0.4, 0.5) is 5.69 Å². The third kappa shape index (κ3) is 2.22. The van der Waals surface area contributed by atoms with Gasteiger partial charge in [-0.15, -0.1) is 0 Å². The summed E-state index contributed by atoms with van der Waals surface area (Å²) in [5.74, 6) is -1.69. The molecule has 2 rings (SSSR count). The number of para-hydroxylation sites is 1. The Bertz CT molecular complexity index is 472. The van der Waals surface area contributed by atoms with E-state index in [2.05, 4.69) is 0 Å². The monoisotopic (exact) mass is 249 g/mol. The van der Waals surface area contributed by atoms with Gasteiger partial charge in [0.05, 0.1) is 18.9 Å². The zero-order valence-electron chi connectivity index (χ0n) is 10.1. The largest absolute Gasteiger partial charge is 0.481 e. The van der Waals surface area contributed by atoms with Crippen molar-refractivity contribution >= 4 is 17.6 Å². The number of nitrogens with zero attached hydrogens (tertiary/aromatic N) is 1. The van der Waals surface area contributed by atoms with Crippen LogP contribution in [0, 0.1) is 0 Å². The number of carbonyl (C=O) groups excluding carboxylic acids is 1. The summed E-state index contributed by atoms with van der Waals surface area (Å²) in [6, 6.07) is 7.31. The first-order valence-electron chi connectivity index (χ1n) is 5.76. The fourth-order valence-corrected chi connectivity index (χ4v) is 2.25. The summed E-state index contributed by atoms with van der Waals surface area (Å²) in [6.45, 7) is 0.877. The second kappa shape index (κ2) is 5.18. The van der Waals surface area contributed by atoms with Crippen LogP contribution in [0.1, 0.15) is 17.9 Å². The van der Waals surface area contributed by atoms with Crippen LogP contribution in [0.25, 0.3) is 0 Å². The first-order valence-corrected chi connectivity index (χ1v) is 5.76. The lowest BCUT2D eigenvalue weighted by atomic mass is 9.97. The third-order valence-electron chi connectivity index (χ3n) is 3.06. The fraction of sp³-hybridized carbons (Fsp3) is 0.385. The maximum Gasteiger partial charge on any atom is 0.304 e. The maximum absolute atomic E-state index is 12.2. The topological polar surface area (TPSA) is 66.8 Å². The molecule has 0 aromatic heterocycles. The van der Waals surface area contributed by atoms with E-state index < -0.39 is 11.9 Å². The van der Waals surface area contributed by atoms with E-state index in [0.29, 0.717) is 13.2 Å². The van der Waals surface area contributed by atoms with Crippen molar-refractivity contribution in [2.24, 2.45) is 0 Å². The summed E-state index contributed by atoms with van der Waals surface area (Å²) in [6.07, 6.45) is -0.167. The SMILES string of the molecule is COCCN1C(=O)C(CC(=O)O)c2ccccc21. The van der Waals surface area contributed by atoms with Gasteiger partial charge in [0.2, 0.25) is 5.91 Å². The Morgan fingerprint density at radius 1 is 1.44 bits per heavy atom. The number of ether oxygens (including phenoxy) is 1. The standard InChI is InChI=1S/C13H15NO4/c1-18-7-6-14-11-5-3-2-4-9(11)10(13(14)17)8-12(15)16/h2-5,10H,6-8H2,1H3,(H,15,16). The number of anilines is 1. The number of rotatable bonds is 5. The van der Waals surface area contributed by atoms with E-state index in [0.717, 1.165) is 11.3 Å². The van der Waals surface area contributed by atoms with Crippen LogP contribution in [-0.4, -0.2) is 37.2 Å². The molecular formula is C13H15NO4. The van der Waals surface area contributed by atoms with Gasteiger partial charge in [0.15, 0.2) is 0 Å². The molecule has 1 amide bonds. The van der Waals surface area contributed by atoms with Gasteiger partial charge in [0.25, 0.3) is 0 Å². The maximum atomic E-state index is 12.2. The molecule has 1 aliphatic rings. The predicted octanol–water partition coefficient (Wildman–Crippen LogP) is 1.24. The smallest absolute Gasteiger partial charge is 0.304 e. The number of carboxylic acid groups (broad SMARTS) is 1. The van der Waals surface area contributed by atoms with E-state index in [4.69, 9.17) is 9.84 Å². The Hall–Kier alpha value is -1.88. The Morgan fingerprint density at radius 2 is 2.17 bits per heavy atom. The van der Waals surface area contributed by atoms with E-state index in [9.17, 15) is 9.59 Å². The summed E-state index contributed by atoms with van der Waals surface area (Å²) in [5, 5.41) is 8.88. The van der Waals surface area contributed by atoms with E-state index in [1.165, 1.54) is 0 Å². The molecule has 0 saturated heterocycles. The molecule has 0 saturated carbocycles. The van der Waals surface area contributed by atoms with Crippen molar-refractivity contribution in [3.8, 4) is 0 Å². The number of carboxylic acids is 1. The second-order valence-corrected chi connectivity index (χ2v) is 4.19. The molecule has 1 aliphatic heterocycles. The highest BCUT2D eigenvalue weighted by Gasteiger charge is 2.37. The fourth-order valence-electron chi connectivity index (χ4n) is 2.25. The minimum Gasteiger partial charge on any atom is -0.481 e. The third-order valence-corrected chi connectivity index (χ3v) is 3.06. The molecule has 0 bridgehead atoms. The van der Waals surface area contributed by atoms with Crippen molar-refractivity contribution in [1.82, 2.24) is 0 Å². The Kier molecular flexibility index (Phi) is 3.62. The van der Waals surface area contributed by atoms with Crippen LogP contribution in [0.5, 0.6) is 0 Å². The number of hydrogen-bond acceptors (Lipinski definition) is 3. The van der Waals surface area contributed by atoms with Gasteiger partial charge < -0.3 is 14.7 Å². The van der Waals surface area contributed by atoms with Crippen LogP contribution in [-0.2, 0) is 14.3 Å². The average molecular weight is 249 g/mol. The molecule has 5 heteroatoms. The molecule has 0 radical (unpaired) electrons. The van der Waals surface area contributed by atoms with E-state index >= 15 is 0 Å². The van der Waals surface area contributed by atoms with Gasteiger partial charge in [-0.2, -0.15) is 0 Å². The number of benzene rings is 1. The van der Waals surface area contributed by atoms with Crippen molar-refractivity contribution in [3.05, 3.63) is 29.8 Å². The lowest BCUT2D eigenvalue weighted by Gasteiger charge is -2.17. The van der Waals surface area contributed by atoms with E-state index in [-0.39, 0.29) is 12.3 Å². The van der Waals surface area contributed by atoms with Crippen LogP contribution >= 0.6 is 0 Å². The Labute approximate surface area is 105 Å². The van der Waals surface area contributed by atoms with Gasteiger partial charge >= 0.3 is 5.97 Å². The van der Waals surface area contributed by atoms with Crippen molar-refractivity contribution in [1.29, 1.82) is 0 Å². The second-order valence-electron chi connectivity index (χ2n) is 4.19. The summed E-state index contributed by atoms with van der Waals surface area (Å²) >= 11 is 0. The highest BCUT2D eigenvalue weighted by atomic mass is 16.5. The molecule has 1 aromatic rings. The van der Waals surface area contributed by atoms with Gasteiger partial charge in [0.1, 0.15) is 0 Å². The number of carbonyl (C=O) groups is 2. The molecular weight excluding hydrogens is 234 g/mol. The van der Waals surface area contributed by atoms with Crippen molar-refractivity contribution in [2.45, 2.75) is 12.3 Å². The number of hydrogen-bond donors (Lipinski definition) is 1. The van der Waals surface area contributed by atoms with E-state index in [1.807, 2.05) is 24.3 Å². The minimum atomic E-state index is -0.961. The zero-order valence-corrected chi connectivity index (χ0v) is 10.1. The van der Waals surface area contributed by atoms with Crippen LogP contribution < -0.4 is 4.90 Å². The normalized spacial score (nSPS) is 17.9. The van der Waals surface area contributed by atoms with Gasteiger partial charge in [-0.1, -0.05) is 18.2 Å². The minimum absolute atomic E-state index is 0.157. The number of methoxy groups -OCH3 is 1. The molecule has 1 heterocycles. The average Bonchev–Trinajstić information content (AvgIpc) is 2.60. The van der Waals surface area contributed by atoms with E-state index in [1.54, 1.807) is 12.0 Å². The first kappa shape index (κ1) is 12.6. The molecule has 0 spiro atoms. The lowest BCUT2D eigenvalue weighted by Crippen LogP contribution is -2.32. The van der Waals surface area contributed by atoms with Gasteiger partial charge in [-0.05, 0) is 11.6 Å². The summed E-state index contributed by atoms with van der Waals surface area (Å²) in [4.78, 5) is 24.7. The summed E-state index contributed by atoms with van der Waals surface area (Å²) < 4.78 is 4.97. The van der Waals surface area contributed by atoms with Crippen LogP contribution in [0.2, 0.25) is 0 Å². The Balaban J connectivity index is 2.30. The molecule has 96 valence electrons. The summed E-state index contributed by atoms with van der Waals surface area (Å²) in [5.41, 5.74) is 1.59. The molecule has 1 atom stereocenters. The molecule has 1 aromatic carbocycles. The predicted molar refractivity (Wildman–Crippen MR) is 65.7 cm³/mol. The molecule has 1 N–H and O–H groups in total. The van der Waals surface area contributed by atoms with Crippen LogP contribution in [0.15, 0.2) is 24.3 Å². The van der Waals surface area contributed by atoms with Gasteiger partial charge in [-0.3, -0.25) is 9.59 Å².